The topological polar surface area (TPSA) is 3.24 Å². The predicted molar refractivity (Wildman–Crippen MR) is 167 cm³/mol. The van der Waals surface area contributed by atoms with Crippen molar-refractivity contribution in [1.82, 2.24) is 4.48 Å². The Kier molecular flexibility index (Phi) is 8.43. The molecule has 6 rings (SSSR count). The quantitative estimate of drug-likeness (QED) is 0.215. The lowest BCUT2D eigenvalue weighted by Gasteiger charge is -2.45. The van der Waals surface area contributed by atoms with Crippen LogP contribution < -0.4 is 10.4 Å². The molecule has 0 amide bonds. The Morgan fingerprint density at radius 2 is 1.13 bits per heavy atom. The Balaban J connectivity index is 1.54. The van der Waals surface area contributed by atoms with Crippen molar-refractivity contribution in [3.05, 3.63) is 109 Å². The standard InChI is InChI=1S/C35H41BNSi/c1-5-16-29(17-6-1)28-37(36(31-20-7-2-8-21-31)32-22-9-3-10-23-32)38(33-24-11-4-12-25-33)35-27-15-19-30-18-13-14-26-34(30)35/h1,4-6,11-19,24-27,31-32H,2-3,7-10,20-23,28H2. The van der Waals surface area contributed by atoms with Crippen LogP contribution in [0.1, 0.15) is 69.8 Å². The minimum Gasteiger partial charge on any atom is -0.354 e. The second-order valence-corrected chi connectivity index (χ2v) is 14.0. The van der Waals surface area contributed by atoms with E-state index in [0.717, 1.165) is 18.2 Å². The molecule has 0 aromatic heterocycles. The summed E-state index contributed by atoms with van der Waals surface area (Å²) in [4.78, 5) is 0. The Bertz CT molecular complexity index is 1260. The van der Waals surface area contributed by atoms with Gasteiger partial charge in [0.05, 0.1) is 0 Å². The van der Waals surface area contributed by atoms with E-state index in [1.54, 1.807) is 5.19 Å². The summed E-state index contributed by atoms with van der Waals surface area (Å²) >= 11 is 0. The maximum absolute atomic E-state index is 3.09. The van der Waals surface area contributed by atoms with Crippen LogP contribution in [0.15, 0.2) is 103 Å². The fraction of sp³-hybridized carbons (Fsp3) is 0.371. The van der Waals surface area contributed by atoms with Crippen molar-refractivity contribution >= 4 is 37.0 Å². The highest BCUT2D eigenvalue weighted by molar-refractivity contribution is 6.91. The molecule has 4 aromatic carbocycles. The minimum absolute atomic E-state index is 0.656. The van der Waals surface area contributed by atoms with E-state index in [0.29, 0.717) is 6.85 Å². The molecule has 0 saturated heterocycles. The molecule has 193 valence electrons. The van der Waals surface area contributed by atoms with Gasteiger partial charge in [-0.15, -0.1) is 0 Å². The third-order valence-corrected chi connectivity index (χ3v) is 12.1. The van der Waals surface area contributed by atoms with Crippen molar-refractivity contribution in [3.63, 3.8) is 0 Å². The smallest absolute Gasteiger partial charge is 0.223 e. The Morgan fingerprint density at radius 1 is 0.579 bits per heavy atom. The van der Waals surface area contributed by atoms with Crippen LogP contribution in [0, 0.1) is 0 Å². The van der Waals surface area contributed by atoms with Crippen LogP contribution >= 0.6 is 0 Å². The molecule has 0 spiro atoms. The van der Waals surface area contributed by atoms with Crippen LogP contribution in [0.25, 0.3) is 10.8 Å². The number of benzene rings is 4. The number of fused-ring (bicyclic) bond motifs is 1. The van der Waals surface area contributed by atoms with Crippen molar-refractivity contribution in [1.29, 1.82) is 0 Å². The maximum atomic E-state index is 3.09. The highest BCUT2D eigenvalue weighted by atomic mass is 28.3. The summed E-state index contributed by atoms with van der Waals surface area (Å²) in [5, 5.41) is 5.90. The molecular weight excluding hydrogens is 473 g/mol. The van der Waals surface area contributed by atoms with Gasteiger partial charge in [-0.1, -0.05) is 167 Å². The third-order valence-electron chi connectivity index (χ3n) is 9.20. The van der Waals surface area contributed by atoms with Gasteiger partial charge in [0.15, 0.2) is 8.96 Å². The zero-order valence-electron chi connectivity index (χ0n) is 22.8. The van der Waals surface area contributed by atoms with Gasteiger partial charge in [-0.05, 0) is 38.3 Å². The maximum Gasteiger partial charge on any atom is 0.223 e. The zero-order valence-corrected chi connectivity index (χ0v) is 23.8. The summed E-state index contributed by atoms with van der Waals surface area (Å²) in [6, 6.07) is 39.1. The van der Waals surface area contributed by atoms with E-state index >= 15 is 0 Å². The Morgan fingerprint density at radius 3 is 1.79 bits per heavy atom. The minimum atomic E-state index is -1.22. The van der Waals surface area contributed by atoms with Crippen molar-refractivity contribution in [2.45, 2.75) is 82.4 Å². The van der Waals surface area contributed by atoms with Crippen molar-refractivity contribution in [2.75, 3.05) is 0 Å². The first-order chi connectivity index (χ1) is 18.9. The van der Waals surface area contributed by atoms with Crippen LogP contribution in [-0.2, 0) is 6.54 Å². The van der Waals surface area contributed by atoms with Crippen LogP contribution in [0.5, 0.6) is 0 Å². The molecule has 1 nitrogen and oxygen atoms in total. The van der Waals surface area contributed by atoms with Gasteiger partial charge in [0.2, 0.25) is 6.85 Å². The zero-order chi connectivity index (χ0) is 25.6. The second-order valence-electron chi connectivity index (χ2n) is 11.6. The summed E-state index contributed by atoms with van der Waals surface area (Å²) in [5.41, 5.74) is 1.46. The summed E-state index contributed by atoms with van der Waals surface area (Å²) in [5.74, 6) is 1.63. The molecule has 0 N–H and O–H groups in total. The second kappa shape index (κ2) is 12.5. The molecule has 0 aliphatic heterocycles. The molecule has 2 aliphatic carbocycles. The molecule has 3 heteroatoms. The van der Waals surface area contributed by atoms with E-state index in [1.807, 2.05) is 0 Å². The molecule has 0 atom stereocenters. The lowest BCUT2D eigenvalue weighted by Crippen LogP contribution is -2.63. The molecule has 0 unspecified atom stereocenters. The average molecular weight is 515 g/mol. The predicted octanol–water partition coefficient (Wildman–Crippen LogP) is 8.11. The van der Waals surface area contributed by atoms with Crippen molar-refractivity contribution in [2.24, 2.45) is 0 Å². The number of nitrogens with zero attached hydrogens (tertiary/aromatic N) is 1. The highest BCUT2D eigenvalue weighted by Gasteiger charge is 2.43. The summed E-state index contributed by atoms with van der Waals surface area (Å²) in [7, 11) is -1.22. The largest absolute Gasteiger partial charge is 0.354 e. The molecule has 0 heterocycles. The molecule has 1 radical (unpaired) electrons. The third kappa shape index (κ3) is 5.70. The summed E-state index contributed by atoms with van der Waals surface area (Å²) in [6.07, 6.45) is 14.1. The average Bonchev–Trinajstić information content (AvgIpc) is 3.00. The monoisotopic (exact) mass is 514 g/mol. The fourth-order valence-corrected chi connectivity index (χ4v) is 10.7. The molecule has 38 heavy (non-hydrogen) atoms. The summed E-state index contributed by atoms with van der Waals surface area (Å²) in [6.45, 7) is 1.70. The molecule has 2 aliphatic rings. The van der Waals surface area contributed by atoms with Gasteiger partial charge in [0.25, 0.3) is 0 Å². The van der Waals surface area contributed by atoms with E-state index in [4.69, 9.17) is 0 Å². The van der Waals surface area contributed by atoms with Gasteiger partial charge in [-0.2, -0.15) is 0 Å². The first-order valence-electron chi connectivity index (χ1n) is 15.1. The van der Waals surface area contributed by atoms with Gasteiger partial charge in [-0.25, -0.2) is 0 Å². The highest BCUT2D eigenvalue weighted by Crippen LogP contribution is 2.43. The number of hydrogen-bond donors (Lipinski definition) is 0. The van der Waals surface area contributed by atoms with Crippen LogP contribution in [0.4, 0.5) is 0 Å². The van der Waals surface area contributed by atoms with Gasteiger partial charge >= 0.3 is 0 Å². The van der Waals surface area contributed by atoms with Crippen molar-refractivity contribution in [3.8, 4) is 0 Å². The Hall–Kier alpha value is -2.62. The van der Waals surface area contributed by atoms with E-state index in [-0.39, 0.29) is 0 Å². The SMILES string of the molecule is c1ccc(CN(B(C2CCCCC2)C2CCCCC2)[Si](c2ccccc2)c2cccc3ccccc23)cc1. The lowest BCUT2D eigenvalue weighted by molar-refractivity contribution is 0.432. The van der Waals surface area contributed by atoms with Crippen LogP contribution in [0.3, 0.4) is 0 Å². The van der Waals surface area contributed by atoms with Gasteiger partial charge < -0.3 is 4.48 Å². The number of rotatable bonds is 8. The Labute approximate surface area is 232 Å². The van der Waals surface area contributed by atoms with E-state index in [1.165, 1.54) is 85.7 Å². The molecule has 4 aromatic rings. The van der Waals surface area contributed by atoms with Gasteiger partial charge in [0.1, 0.15) is 0 Å². The first-order valence-corrected chi connectivity index (χ1v) is 16.5. The lowest BCUT2D eigenvalue weighted by atomic mass is 9.38. The molecule has 2 saturated carbocycles. The van der Waals surface area contributed by atoms with Crippen molar-refractivity contribution < 1.29 is 0 Å². The summed E-state index contributed by atoms with van der Waals surface area (Å²) < 4.78 is 3.09. The van der Waals surface area contributed by atoms with E-state index in [9.17, 15) is 0 Å². The van der Waals surface area contributed by atoms with Crippen LogP contribution in [0.2, 0.25) is 11.6 Å². The molecular formula is C35H41BNSi. The molecule has 2 fully saturated rings. The normalized spacial score (nSPS) is 17.3. The van der Waals surface area contributed by atoms with Gasteiger partial charge in [0, 0.05) is 6.54 Å². The van der Waals surface area contributed by atoms with E-state index in [2.05, 4.69) is 108 Å². The first kappa shape index (κ1) is 25.6. The van der Waals surface area contributed by atoms with Crippen LogP contribution in [-0.4, -0.2) is 20.3 Å². The molecule has 0 bridgehead atoms. The fourth-order valence-electron chi connectivity index (χ4n) is 7.46. The van der Waals surface area contributed by atoms with E-state index < -0.39 is 8.96 Å². The van der Waals surface area contributed by atoms with Gasteiger partial charge in [-0.3, -0.25) is 0 Å². The number of hydrogen-bond acceptors (Lipinski definition) is 1.